The third-order valence-electron chi connectivity index (χ3n) is 4.77. The van der Waals surface area contributed by atoms with E-state index in [2.05, 4.69) is 9.71 Å². The molecule has 0 unspecified atom stereocenters. The molecule has 0 spiro atoms. The Labute approximate surface area is 158 Å². The summed E-state index contributed by atoms with van der Waals surface area (Å²) >= 11 is 1.60. The van der Waals surface area contributed by atoms with Crippen LogP contribution in [-0.2, 0) is 29.4 Å². The fourth-order valence-electron chi connectivity index (χ4n) is 3.37. The molecule has 0 saturated carbocycles. The van der Waals surface area contributed by atoms with E-state index >= 15 is 0 Å². The molecule has 0 bridgehead atoms. The van der Waals surface area contributed by atoms with Gasteiger partial charge in [-0.1, -0.05) is 12.1 Å². The second-order valence-electron chi connectivity index (χ2n) is 6.49. The number of fused-ring (bicyclic) bond motifs is 1. The summed E-state index contributed by atoms with van der Waals surface area (Å²) in [5.41, 5.74) is 5.15. The maximum Gasteiger partial charge on any atom is 0.240 e. The van der Waals surface area contributed by atoms with Crippen LogP contribution in [0.25, 0.3) is 11.3 Å². The van der Waals surface area contributed by atoms with Gasteiger partial charge in [-0.15, -0.1) is 0 Å². The SMILES string of the molecule is O=S(=O)(NCc1cccnc1-c1ccsc1)c1ccc2c(c1)CCCC2. The van der Waals surface area contributed by atoms with Crippen molar-refractivity contribution in [1.29, 1.82) is 0 Å². The quantitative estimate of drug-likeness (QED) is 0.718. The van der Waals surface area contributed by atoms with Gasteiger partial charge in [0.1, 0.15) is 0 Å². The van der Waals surface area contributed by atoms with Crippen LogP contribution in [0.2, 0.25) is 0 Å². The number of sulfonamides is 1. The number of nitrogens with one attached hydrogen (secondary N) is 1. The Hall–Kier alpha value is -2.02. The first-order valence-corrected chi connectivity index (χ1v) is 11.1. The third kappa shape index (κ3) is 3.58. The first-order chi connectivity index (χ1) is 12.6. The van der Waals surface area contributed by atoms with Crippen LogP contribution < -0.4 is 4.72 Å². The van der Waals surface area contributed by atoms with Crippen LogP contribution in [0.3, 0.4) is 0 Å². The van der Waals surface area contributed by atoms with Crippen molar-refractivity contribution < 1.29 is 8.42 Å². The molecule has 1 N–H and O–H groups in total. The highest BCUT2D eigenvalue weighted by molar-refractivity contribution is 7.89. The molecule has 0 atom stereocenters. The lowest BCUT2D eigenvalue weighted by Gasteiger charge is -2.17. The average molecular weight is 385 g/mol. The highest BCUT2D eigenvalue weighted by Gasteiger charge is 2.18. The number of nitrogens with zero attached hydrogens (tertiary/aromatic N) is 1. The molecule has 0 amide bonds. The molecule has 4 nitrogen and oxygen atoms in total. The Morgan fingerprint density at radius 1 is 1.08 bits per heavy atom. The summed E-state index contributed by atoms with van der Waals surface area (Å²) in [6.07, 6.45) is 6.05. The number of thiophene rings is 1. The molecule has 0 saturated heterocycles. The largest absolute Gasteiger partial charge is 0.256 e. The molecule has 0 fully saturated rings. The second kappa shape index (κ2) is 7.31. The van der Waals surface area contributed by atoms with Gasteiger partial charge in [-0.05, 0) is 72.0 Å². The van der Waals surface area contributed by atoms with Crippen LogP contribution in [0.4, 0.5) is 0 Å². The number of pyridine rings is 1. The van der Waals surface area contributed by atoms with Crippen molar-refractivity contribution in [3.63, 3.8) is 0 Å². The van der Waals surface area contributed by atoms with Crippen LogP contribution in [0.15, 0.2) is 58.3 Å². The van der Waals surface area contributed by atoms with Gasteiger partial charge in [0.05, 0.1) is 10.6 Å². The van der Waals surface area contributed by atoms with E-state index in [1.165, 1.54) is 17.5 Å². The van der Waals surface area contributed by atoms with Gasteiger partial charge in [-0.2, -0.15) is 11.3 Å². The van der Waals surface area contributed by atoms with Crippen LogP contribution in [0, 0.1) is 0 Å². The summed E-state index contributed by atoms with van der Waals surface area (Å²) in [5, 5.41) is 4.01. The van der Waals surface area contributed by atoms with Gasteiger partial charge in [0, 0.05) is 23.7 Å². The van der Waals surface area contributed by atoms with Gasteiger partial charge in [-0.3, -0.25) is 4.98 Å². The lowest BCUT2D eigenvalue weighted by atomic mass is 9.92. The first kappa shape index (κ1) is 17.4. The van der Waals surface area contributed by atoms with Crippen LogP contribution >= 0.6 is 11.3 Å². The minimum Gasteiger partial charge on any atom is -0.256 e. The molecule has 26 heavy (non-hydrogen) atoms. The molecule has 2 aromatic heterocycles. The van der Waals surface area contributed by atoms with E-state index < -0.39 is 10.0 Å². The molecule has 0 aliphatic heterocycles. The number of hydrogen-bond acceptors (Lipinski definition) is 4. The topological polar surface area (TPSA) is 59.1 Å². The summed E-state index contributed by atoms with van der Waals surface area (Å²) in [4.78, 5) is 4.77. The molecule has 4 rings (SSSR count). The van der Waals surface area contributed by atoms with Crippen molar-refractivity contribution in [3.8, 4) is 11.3 Å². The molecule has 0 radical (unpaired) electrons. The first-order valence-electron chi connectivity index (χ1n) is 8.71. The van der Waals surface area contributed by atoms with Crippen molar-refractivity contribution in [3.05, 3.63) is 70.0 Å². The summed E-state index contributed by atoms with van der Waals surface area (Å²) in [6.45, 7) is 0.221. The van der Waals surface area contributed by atoms with E-state index in [0.29, 0.717) is 4.90 Å². The van der Waals surface area contributed by atoms with Crippen molar-refractivity contribution >= 4 is 21.4 Å². The summed E-state index contributed by atoms with van der Waals surface area (Å²) in [7, 11) is -3.55. The predicted molar refractivity (Wildman–Crippen MR) is 105 cm³/mol. The fourth-order valence-corrected chi connectivity index (χ4v) is 5.07. The Balaban J connectivity index is 1.56. The Morgan fingerprint density at radius 2 is 1.92 bits per heavy atom. The molecular formula is C20H20N2O2S2. The van der Waals surface area contributed by atoms with E-state index in [-0.39, 0.29) is 6.54 Å². The summed E-state index contributed by atoms with van der Waals surface area (Å²) in [6, 6.07) is 11.3. The monoisotopic (exact) mass is 384 g/mol. The molecule has 134 valence electrons. The molecule has 1 aliphatic carbocycles. The molecule has 6 heteroatoms. The van der Waals surface area contributed by atoms with Crippen molar-refractivity contribution in [2.24, 2.45) is 0 Å². The maximum absolute atomic E-state index is 12.8. The number of hydrogen-bond donors (Lipinski definition) is 1. The predicted octanol–water partition coefficient (Wildman–Crippen LogP) is 4.17. The average Bonchev–Trinajstić information content (AvgIpc) is 3.21. The van der Waals surface area contributed by atoms with Crippen LogP contribution in [-0.4, -0.2) is 13.4 Å². The van der Waals surface area contributed by atoms with E-state index in [1.807, 2.05) is 41.1 Å². The number of benzene rings is 1. The summed E-state index contributed by atoms with van der Waals surface area (Å²) in [5.74, 6) is 0. The van der Waals surface area contributed by atoms with Gasteiger partial charge < -0.3 is 0 Å². The highest BCUT2D eigenvalue weighted by Crippen LogP contribution is 2.26. The van der Waals surface area contributed by atoms with E-state index in [1.54, 1.807) is 23.6 Å². The molecule has 3 aromatic rings. The fraction of sp³-hybridized carbons (Fsp3) is 0.250. The molecule has 1 aliphatic rings. The number of aryl methyl sites for hydroxylation is 2. The van der Waals surface area contributed by atoms with Crippen molar-refractivity contribution in [2.75, 3.05) is 0 Å². The van der Waals surface area contributed by atoms with Crippen molar-refractivity contribution in [1.82, 2.24) is 9.71 Å². The number of aromatic nitrogens is 1. The minimum absolute atomic E-state index is 0.221. The normalized spacial score (nSPS) is 14.2. The van der Waals surface area contributed by atoms with E-state index in [0.717, 1.165) is 36.1 Å². The second-order valence-corrected chi connectivity index (χ2v) is 9.03. The van der Waals surface area contributed by atoms with Gasteiger partial charge in [0.25, 0.3) is 0 Å². The summed E-state index contributed by atoms with van der Waals surface area (Å²) < 4.78 is 28.3. The molecule has 2 heterocycles. The smallest absolute Gasteiger partial charge is 0.240 e. The van der Waals surface area contributed by atoms with Gasteiger partial charge in [0.2, 0.25) is 10.0 Å². The standard InChI is InChI=1S/C20H20N2O2S2/c23-26(24,19-8-7-15-4-1-2-5-16(15)12-19)22-13-17-6-3-10-21-20(17)18-9-11-25-14-18/h3,6-12,14,22H,1-2,4-5,13H2. The van der Waals surface area contributed by atoms with Crippen LogP contribution in [0.5, 0.6) is 0 Å². The highest BCUT2D eigenvalue weighted by atomic mass is 32.2. The minimum atomic E-state index is -3.55. The number of rotatable bonds is 5. The Morgan fingerprint density at radius 3 is 2.73 bits per heavy atom. The third-order valence-corrected chi connectivity index (χ3v) is 6.85. The lowest BCUT2D eigenvalue weighted by molar-refractivity contribution is 0.580. The van der Waals surface area contributed by atoms with Gasteiger partial charge in [-0.25, -0.2) is 13.1 Å². The van der Waals surface area contributed by atoms with E-state index in [9.17, 15) is 8.42 Å². The zero-order valence-electron chi connectivity index (χ0n) is 14.3. The zero-order valence-corrected chi connectivity index (χ0v) is 15.9. The lowest BCUT2D eigenvalue weighted by Crippen LogP contribution is -2.24. The van der Waals surface area contributed by atoms with Crippen LogP contribution in [0.1, 0.15) is 29.5 Å². The van der Waals surface area contributed by atoms with Crippen molar-refractivity contribution in [2.45, 2.75) is 37.1 Å². The molecule has 1 aromatic carbocycles. The zero-order chi connectivity index (χ0) is 18.0. The van der Waals surface area contributed by atoms with Gasteiger partial charge >= 0.3 is 0 Å². The Kier molecular flexibility index (Phi) is 4.89. The molecular weight excluding hydrogens is 364 g/mol. The Bertz CT molecular complexity index is 1010. The van der Waals surface area contributed by atoms with E-state index in [4.69, 9.17) is 0 Å². The maximum atomic E-state index is 12.8. The van der Waals surface area contributed by atoms with Gasteiger partial charge in [0.15, 0.2) is 0 Å².